The molecule has 4 nitrogen and oxygen atoms in total. The molecule has 0 unspecified atom stereocenters. The summed E-state index contributed by atoms with van der Waals surface area (Å²) >= 11 is 0. The summed E-state index contributed by atoms with van der Waals surface area (Å²) in [6, 6.07) is 7.97. The third-order valence-corrected chi connectivity index (χ3v) is 2.59. The summed E-state index contributed by atoms with van der Waals surface area (Å²) in [6.07, 6.45) is 0.392. The summed E-state index contributed by atoms with van der Waals surface area (Å²) < 4.78 is 10.8. The van der Waals surface area contributed by atoms with Crippen molar-refractivity contribution in [3.8, 4) is 5.75 Å². The molecule has 1 aromatic rings. The zero-order chi connectivity index (χ0) is 15.9. The van der Waals surface area contributed by atoms with E-state index in [1.54, 1.807) is 0 Å². The van der Waals surface area contributed by atoms with Gasteiger partial charge in [-0.3, -0.25) is 0 Å². The maximum absolute atomic E-state index is 11.5. The van der Waals surface area contributed by atoms with E-state index < -0.39 is 5.60 Å². The van der Waals surface area contributed by atoms with E-state index in [9.17, 15) is 4.79 Å². The fourth-order valence-electron chi connectivity index (χ4n) is 1.64. The molecule has 0 saturated carbocycles. The minimum atomic E-state index is -0.459. The van der Waals surface area contributed by atoms with Gasteiger partial charge in [0.2, 0.25) is 0 Å². The van der Waals surface area contributed by atoms with Gasteiger partial charge >= 0.3 is 6.09 Å². The van der Waals surface area contributed by atoms with E-state index in [-0.39, 0.29) is 6.09 Å². The van der Waals surface area contributed by atoms with Gasteiger partial charge in [0.25, 0.3) is 0 Å². The zero-order valence-electron chi connectivity index (χ0n) is 13.7. The summed E-state index contributed by atoms with van der Waals surface area (Å²) in [5.74, 6) is 1.40. The highest BCUT2D eigenvalue weighted by atomic mass is 16.6. The lowest BCUT2D eigenvalue weighted by Crippen LogP contribution is -2.33. The smallest absolute Gasteiger partial charge is 0.407 e. The van der Waals surface area contributed by atoms with Crippen LogP contribution in [0, 0.1) is 5.92 Å². The molecule has 118 valence electrons. The van der Waals surface area contributed by atoms with Crippen LogP contribution in [0.3, 0.4) is 0 Å². The Morgan fingerprint density at radius 2 is 1.81 bits per heavy atom. The Balaban J connectivity index is 2.31. The van der Waals surface area contributed by atoms with Gasteiger partial charge in [0, 0.05) is 6.54 Å². The molecule has 0 saturated heterocycles. The van der Waals surface area contributed by atoms with Crippen LogP contribution in [0.1, 0.15) is 40.2 Å². The van der Waals surface area contributed by atoms with Crippen molar-refractivity contribution < 1.29 is 14.3 Å². The first-order chi connectivity index (χ1) is 9.76. The standard InChI is InChI=1S/C17H27NO3/c1-13(2)12-20-15-8-6-14(7-9-15)10-11-18-16(19)21-17(3,4)5/h6-9,13H,10-12H2,1-5H3,(H,18,19). The molecule has 1 N–H and O–H groups in total. The van der Waals surface area contributed by atoms with Gasteiger partial charge in [0.05, 0.1) is 6.61 Å². The van der Waals surface area contributed by atoms with Gasteiger partial charge < -0.3 is 14.8 Å². The Morgan fingerprint density at radius 3 is 2.33 bits per heavy atom. The molecular weight excluding hydrogens is 266 g/mol. The molecule has 1 rings (SSSR count). The van der Waals surface area contributed by atoms with E-state index in [1.165, 1.54) is 0 Å². The number of amides is 1. The number of hydrogen-bond acceptors (Lipinski definition) is 3. The molecule has 21 heavy (non-hydrogen) atoms. The monoisotopic (exact) mass is 293 g/mol. The average molecular weight is 293 g/mol. The molecular formula is C17H27NO3. The fraction of sp³-hybridized carbons (Fsp3) is 0.588. The third-order valence-electron chi connectivity index (χ3n) is 2.59. The molecule has 4 heteroatoms. The van der Waals surface area contributed by atoms with Crippen molar-refractivity contribution in [1.82, 2.24) is 5.32 Å². The summed E-state index contributed by atoms with van der Waals surface area (Å²) in [4.78, 5) is 11.5. The number of hydrogen-bond donors (Lipinski definition) is 1. The molecule has 0 heterocycles. The maximum Gasteiger partial charge on any atom is 0.407 e. The molecule has 0 aromatic heterocycles. The van der Waals surface area contributed by atoms with Crippen LogP contribution in [0.15, 0.2) is 24.3 Å². The fourth-order valence-corrected chi connectivity index (χ4v) is 1.64. The Kier molecular flexibility index (Phi) is 6.53. The molecule has 0 fully saturated rings. The second kappa shape index (κ2) is 7.91. The lowest BCUT2D eigenvalue weighted by molar-refractivity contribution is 0.0528. The van der Waals surface area contributed by atoms with Crippen LogP contribution in [0.4, 0.5) is 4.79 Å². The number of nitrogens with one attached hydrogen (secondary N) is 1. The Bertz CT molecular complexity index is 432. The molecule has 0 aliphatic heterocycles. The number of ether oxygens (including phenoxy) is 2. The number of rotatable bonds is 6. The summed E-state index contributed by atoms with van der Waals surface area (Å²) in [6.45, 7) is 11.1. The minimum Gasteiger partial charge on any atom is -0.493 e. The van der Waals surface area contributed by atoms with E-state index in [0.29, 0.717) is 12.5 Å². The van der Waals surface area contributed by atoms with Crippen molar-refractivity contribution in [3.05, 3.63) is 29.8 Å². The van der Waals surface area contributed by atoms with Crippen molar-refractivity contribution in [1.29, 1.82) is 0 Å². The largest absolute Gasteiger partial charge is 0.493 e. The average Bonchev–Trinajstić information content (AvgIpc) is 2.35. The van der Waals surface area contributed by atoms with E-state index in [4.69, 9.17) is 9.47 Å². The first-order valence-corrected chi connectivity index (χ1v) is 7.45. The number of carbonyl (C=O) groups is 1. The summed E-state index contributed by atoms with van der Waals surface area (Å²) in [5, 5.41) is 2.75. The van der Waals surface area contributed by atoms with Crippen LogP contribution in [0.2, 0.25) is 0 Å². The van der Waals surface area contributed by atoms with Gasteiger partial charge in [-0.25, -0.2) is 4.79 Å². The van der Waals surface area contributed by atoms with Gasteiger partial charge in [-0.1, -0.05) is 26.0 Å². The third kappa shape index (κ3) is 8.23. The Hall–Kier alpha value is -1.71. The lowest BCUT2D eigenvalue weighted by atomic mass is 10.1. The lowest BCUT2D eigenvalue weighted by Gasteiger charge is -2.19. The molecule has 0 atom stereocenters. The van der Waals surface area contributed by atoms with Crippen LogP contribution in [-0.2, 0) is 11.2 Å². The van der Waals surface area contributed by atoms with Crippen LogP contribution >= 0.6 is 0 Å². The molecule has 0 aliphatic carbocycles. The van der Waals surface area contributed by atoms with E-state index >= 15 is 0 Å². The highest BCUT2D eigenvalue weighted by Crippen LogP contribution is 2.13. The normalized spacial score (nSPS) is 11.3. The van der Waals surface area contributed by atoms with Crippen molar-refractivity contribution in [3.63, 3.8) is 0 Å². The number of benzene rings is 1. The van der Waals surface area contributed by atoms with Gasteiger partial charge in [-0.15, -0.1) is 0 Å². The molecule has 0 radical (unpaired) electrons. The van der Waals surface area contributed by atoms with Crippen molar-refractivity contribution in [2.45, 2.75) is 46.6 Å². The topological polar surface area (TPSA) is 47.6 Å². The maximum atomic E-state index is 11.5. The van der Waals surface area contributed by atoms with Crippen LogP contribution < -0.4 is 10.1 Å². The van der Waals surface area contributed by atoms with Crippen LogP contribution in [0.5, 0.6) is 5.75 Å². The number of alkyl carbamates (subject to hydrolysis) is 1. The molecule has 1 amide bonds. The quantitative estimate of drug-likeness (QED) is 0.868. The van der Waals surface area contributed by atoms with Crippen molar-refractivity contribution in [2.24, 2.45) is 5.92 Å². The Morgan fingerprint density at radius 1 is 1.19 bits per heavy atom. The SMILES string of the molecule is CC(C)COc1ccc(CCNC(=O)OC(C)(C)C)cc1. The second-order valence-corrected chi connectivity index (χ2v) is 6.53. The molecule has 0 aliphatic rings. The van der Waals surface area contributed by atoms with Gasteiger partial charge in [0.1, 0.15) is 11.4 Å². The molecule has 0 bridgehead atoms. The van der Waals surface area contributed by atoms with Gasteiger partial charge in [0.15, 0.2) is 0 Å². The zero-order valence-corrected chi connectivity index (χ0v) is 13.7. The summed E-state index contributed by atoms with van der Waals surface area (Å²) in [5.41, 5.74) is 0.697. The number of carbonyl (C=O) groups excluding carboxylic acids is 1. The molecule has 0 spiro atoms. The van der Waals surface area contributed by atoms with E-state index in [0.717, 1.165) is 24.3 Å². The van der Waals surface area contributed by atoms with Crippen LogP contribution in [-0.4, -0.2) is 24.8 Å². The minimum absolute atomic E-state index is 0.376. The highest BCUT2D eigenvalue weighted by molar-refractivity contribution is 5.67. The van der Waals surface area contributed by atoms with E-state index in [2.05, 4.69) is 19.2 Å². The van der Waals surface area contributed by atoms with E-state index in [1.807, 2.05) is 45.0 Å². The van der Waals surface area contributed by atoms with Crippen molar-refractivity contribution >= 4 is 6.09 Å². The predicted octanol–water partition coefficient (Wildman–Crippen LogP) is 3.79. The van der Waals surface area contributed by atoms with Gasteiger partial charge in [-0.05, 0) is 50.8 Å². The van der Waals surface area contributed by atoms with Crippen molar-refractivity contribution in [2.75, 3.05) is 13.2 Å². The van der Waals surface area contributed by atoms with Gasteiger partial charge in [-0.2, -0.15) is 0 Å². The summed E-state index contributed by atoms with van der Waals surface area (Å²) in [7, 11) is 0. The van der Waals surface area contributed by atoms with Crippen LogP contribution in [0.25, 0.3) is 0 Å². The predicted molar refractivity (Wildman–Crippen MR) is 84.7 cm³/mol. The first kappa shape index (κ1) is 17.3. The Labute approximate surface area is 127 Å². The molecule has 1 aromatic carbocycles. The second-order valence-electron chi connectivity index (χ2n) is 6.53. The highest BCUT2D eigenvalue weighted by Gasteiger charge is 2.15. The first-order valence-electron chi connectivity index (χ1n) is 7.45.